The first-order chi connectivity index (χ1) is 14.1. The summed E-state index contributed by atoms with van der Waals surface area (Å²) in [5.74, 6) is 0.571. The van der Waals surface area contributed by atoms with Crippen LogP contribution in [0.5, 0.6) is 5.75 Å². The monoisotopic (exact) mass is 394 g/mol. The number of carbonyl (C=O) groups is 2. The zero-order valence-electron chi connectivity index (χ0n) is 16.1. The summed E-state index contributed by atoms with van der Waals surface area (Å²) < 4.78 is 11.1. The van der Waals surface area contributed by atoms with Crippen molar-refractivity contribution >= 4 is 22.7 Å². The molecule has 1 aliphatic heterocycles. The molecule has 8 nitrogen and oxygen atoms in total. The molecule has 0 aliphatic carbocycles. The van der Waals surface area contributed by atoms with E-state index in [9.17, 15) is 9.59 Å². The molecule has 1 atom stereocenters. The van der Waals surface area contributed by atoms with Gasteiger partial charge in [-0.3, -0.25) is 14.6 Å². The molecule has 4 rings (SSSR count). The van der Waals surface area contributed by atoms with E-state index in [1.165, 1.54) is 6.26 Å². The Kier molecular flexibility index (Phi) is 5.41. The molecule has 1 fully saturated rings. The molecule has 2 amide bonds. The highest BCUT2D eigenvalue weighted by atomic mass is 16.5. The van der Waals surface area contributed by atoms with Gasteiger partial charge in [-0.15, -0.1) is 0 Å². The molecule has 2 aromatic heterocycles. The molecule has 1 aliphatic rings. The number of carbonyl (C=O) groups excluding carboxylic acids is 2. The summed E-state index contributed by atoms with van der Waals surface area (Å²) in [7, 11) is 0. The lowest BCUT2D eigenvalue weighted by molar-refractivity contribution is -0.124. The van der Waals surface area contributed by atoms with E-state index < -0.39 is 0 Å². The van der Waals surface area contributed by atoms with Gasteiger partial charge in [0, 0.05) is 31.2 Å². The average Bonchev–Trinajstić information content (AvgIpc) is 3.42. The van der Waals surface area contributed by atoms with E-state index in [4.69, 9.17) is 9.15 Å². The van der Waals surface area contributed by atoms with E-state index in [0.29, 0.717) is 37.7 Å². The van der Waals surface area contributed by atoms with Crippen molar-refractivity contribution in [3.05, 3.63) is 54.4 Å². The summed E-state index contributed by atoms with van der Waals surface area (Å²) in [6.45, 7) is 3.51. The smallest absolute Gasteiger partial charge is 0.275 e. The summed E-state index contributed by atoms with van der Waals surface area (Å²) in [4.78, 5) is 34.7. The molecule has 29 heavy (non-hydrogen) atoms. The Morgan fingerprint density at radius 3 is 3.10 bits per heavy atom. The van der Waals surface area contributed by atoms with Crippen molar-refractivity contribution in [3.8, 4) is 5.75 Å². The molecule has 1 unspecified atom stereocenters. The van der Waals surface area contributed by atoms with Crippen LogP contribution in [0.15, 0.2) is 47.2 Å². The van der Waals surface area contributed by atoms with Crippen LogP contribution in [0.25, 0.3) is 10.9 Å². The minimum Gasteiger partial charge on any atom is -0.484 e. The van der Waals surface area contributed by atoms with Crippen LogP contribution in [0, 0.1) is 5.92 Å². The molecule has 3 aromatic rings. The average molecular weight is 394 g/mol. The second-order valence-electron chi connectivity index (χ2n) is 6.90. The van der Waals surface area contributed by atoms with Gasteiger partial charge in [0.25, 0.3) is 5.91 Å². The second kappa shape index (κ2) is 8.30. The predicted octanol–water partition coefficient (Wildman–Crippen LogP) is 2.40. The maximum absolute atomic E-state index is 12.6. The number of pyridine rings is 1. The number of rotatable bonds is 6. The quantitative estimate of drug-likeness (QED) is 0.689. The third kappa shape index (κ3) is 4.21. The Balaban J connectivity index is 1.35. The van der Waals surface area contributed by atoms with Gasteiger partial charge in [0.2, 0.25) is 11.8 Å². The van der Waals surface area contributed by atoms with Crippen molar-refractivity contribution in [1.82, 2.24) is 20.2 Å². The summed E-state index contributed by atoms with van der Waals surface area (Å²) in [6.07, 6.45) is 3.74. The molecule has 8 heteroatoms. The lowest BCUT2D eigenvalue weighted by Crippen LogP contribution is -2.34. The second-order valence-corrected chi connectivity index (χ2v) is 6.90. The lowest BCUT2D eigenvalue weighted by Gasteiger charge is -2.14. The molecule has 1 aromatic carbocycles. The Morgan fingerprint density at radius 1 is 1.34 bits per heavy atom. The van der Waals surface area contributed by atoms with Gasteiger partial charge in [-0.1, -0.05) is 6.07 Å². The zero-order chi connectivity index (χ0) is 20.2. The van der Waals surface area contributed by atoms with E-state index in [0.717, 1.165) is 10.9 Å². The molecule has 1 N–H and O–H groups in total. The highest BCUT2D eigenvalue weighted by Crippen LogP contribution is 2.21. The van der Waals surface area contributed by atoms with Gasteiger partial charge in [-0.05, 0) is 37.6 Å². The van der Waals surface area contributed by atoms with Crippen LogP contribution in [-0.2, 0) is 11.4 Å². The minimum atomic E-state index is -0.233. The number of likely N-dealkylation sites (tertiary alicyclic amines) is 1. The van der Waals surface area contributed by atoms with Gasteiger partial charge < -0.3 is 19.4 Å². The number of amides is 2. The summed E-state index contributed by atoms with van der Waals surface area (Å²) in [5.41, 5.74) is 1.11. The molecule has 150 valence electrons. The number of ether oxygens (including phenoxy) is 1. The fourth-order valence-corrected chi connectivity index (χ4v) is 3.40. The minimum absolute atomic E-state index is 0.0115. The first-order valence-electron chi connectivity index (χ1n) is 9.63. The van der Waals surface area contributed by atoms with E-state index in [1.54, 1.807) is 11.1 Å². The molecular weight excluding hydrogens is 372 g/mol. The standard InChI is InChI=1S/C21H22N4O4/c1-2-22-20(26)15-7-9-25(11-15)21(27)18-12-29-19(24-18)13-28-16-5-6-17-14(10-16)4-3-8-23-17/h3-6,8,10,12,15H,2,7,9,11,13H2,1H3,(H,22,26). The van der Waals surface area contributed by atoms with E-state index in [2.05, 4.69) is 15.3 Å². The third-order valence-electron chi connectivity index (χ3n) is 4.90. The van der Waals surface area contributed by atoms with Gasteiger partial charge in [-0.25, -0.2) is 4.98 Å². The number of fused-ring (bicyclic) bond motifs is 1. The van der Waals surface area contributed by atoms with Crippen molar-refractivity contribution in [2.45, 2.75) is 20.0 Å². The van der Waals surface area contributed by atoms with Crippen LogP contribution >= 0.6 is 0 Å². The number of nitrogens with zero attached hydrogens (tertiary/aromatic N) is 3. The number of nitrogens with one attached hydrogen (secondary N) is 1. The highest BCUT2D eigenvalue weighted by molar-refractivity contribution is 5.93. The Bertz CT molecular complexity index is 1030. The summed E-state index contributed by atoms with van der Waals surface area (Å²) in [5, 5.41) is 3.78. The fraction of sp³-hybridized carbons (Fsp3) is 0.333. The molecule has 1 saturated heterocycles. The molecule has 0 saturated carbocycles. The van der Waals surface area contributed by atoms with Crippen molar-refractivity contribution < 1.29 is 18.7 Å². The number of benzene rings is 1. The third-order valence-corrected chi connectivity index (χ3v) is 4.90. The first-order valence-corrected chi connectivity index (χ1v) is 9.63. The van der Waals surface area contributed by atoms with E-state index >= 15 is 0 Å². The van der Waals surface area contributed by atoms with Crippen LogP contribution in [0.3, 0.4) is 0 Å². The van der Waals surface area contributed by atoms with Crippen LogP contribution in [0.1, 0.15) is 29.7 Å². The molecule has 0 spiro atoms. The molecule has 0 bridgehead atoms. The van der Waals surface area contributed by atoms with Gasteiger partial charge in [0.15, 0.2) is 12.3 Å². The summed E-state index contributed by atoms with van der Waals surface area (Å²) in [6, 6.07) is 9.43. The molecule has 3 heterocycles. The Labute approximate surface area is 167 Å². The van der Waals surface area contributed by atoms with Crippen molar-refractivity contribution in [3.63, 3.8) is 0 Å². The number of oxazole rings is 1. The highest BCUT2D eigenvalue weighted by Gasteiger charge is 2.32. The maximum atomic E-state index is 12.6. The SMILES string of the molecule is CCNC(=O)C1CCN(C(=O)c2coc(COc3ccc4ncccc4c3)n2)C1. The maximum Gasteiger partial charge on any atom is 0.275 e. The van der Waals surface area contributed by atoms with Gasteiger partial charge in [0.1, 0.15) is 12.0 Å². The lowest BCUT2D eigenvalue weighted by atomic mass is 10.1. The van der Waals surface area contributed by atoms with E-state index in [1.807, 2.05) is 37.3 Å². The Hall–Kier alpha value is -3.42. The number of aromatic nitrogens is 2. The zero-order valence-corrected chi connectivity index (χ0v) is 16.1. The Morgan fingerprint density at radius 2 is 2.24 bits per heavy atom. The van der Waals surface area contributed by atoms with Crippen LogP contribution < -0.4 is 10.1 Å². The fourth-order valence-electron chi connectivity index (χ4n) is 3.40. The summed E-state index contributed by atoms with van der Waals surface area (Å²) >= 11 is 0. The topological polar surface area (TPSA) is 97.6 Å². The molecular formula is C21H22N4O4. The van der Waals surface area contributed by atoms with Crippen LogP contribution in [-0.4, -0.2) is 46.3 Å². The first kappa shape index (κ1) is 18.9. The van der Waals surface area contributed by atoms with Gasteiger partial charge in [0.05, 0.1) is 11.4 Å². The van der Waals surface area contributed by atoms with Crippen molar-refractivity contribution in [2.75, 3.05) is 19.6 Å². The number of hydrogen-bond donors (Lipinski definition) is 1. The van der Waals surface area contributed by atoms with Crippen LogP contribution in [0.2, 0.25) is 0 Å². The normalized spacial score (nSPS) is 16.2. The van der Waals surface area contributed by atoms with Gasteiger partial charge in [-0.2, -0.15) is 0 Å². The van der Waals surface area contributed by atoms with E-state index in [-0.39, 0.29) is 30.0 Å². The van der Waals surface area contributed by atoms with Gasteiger partial charge >= 0.3 is 0 Å². The predicted molar refractivity (Wildman–Crippen MR) is 105 cm³/mol. The van der Waals surface area contributed by atoms with Crippen molar-refractivity contribution in [1.29, 1.82) is 0 Å². The molecule has 0 radical (unpaired) electrons. The number of hydrogen-bond acceptors (Lipinski definition) is 6. The van der Waals surface area contributed by atoms with Crippen molar-refractivity contribution in [2.24, 2.45) is 5.92 Å². The largest absolute Gasteiger partial charge is 0.484 e. The van der Waals surface area contributed by atoms with Crippen LogP contribution in [0.4, 0.5) is 0 Å².